The van der Waals surface area contributed by atoms with Crippen molar-refractivity contribution in [2.75, 3.05) is 0 Å². The Morgan fingerprint density at radius 2 is 1.87 bits per heavy atom. The maximum absolute atomic E-state index is 12.5. The van der Waals surface area contributed by atoms with Crippen molar-refractivity contribution < 1.29 is 14.3 Å². The van der Waals surface area contributed by atoms with Crippen molar-refractivity contribution in [3.63, 3.8) is 0 Å². The molecule has 3 aromatic rings. The van der Waals surface area contributed by atoms with E-state index in [0.717, 1.165) is 0 Å². The molecule has 0 radical (unpaired) electrons. The Morgan fingerprint density at radius 3 is 2.57 bits per heavy atom. The third-order valence-corrected chi connectivity index (χ3v) is 3.61. The number of benzene rings is 2. The summed E-state index contributed by atoms with van der Waals surface area (Å²) < 4.78 is 5.40. The largest absolute Gasteiger partial charge is 0.478 e. The average Bonchev–Trinajstić information content (AvgIpc) is 2.55. The molecule has 0 aliphatic carbocycles. The monoisotopic (exact) mass is 326 g/mol. The van der Waals surface area contributed by atoms with Crippen LogP contribution in [0.3, 0.4) is 0 Å². The van der Waals surface area contributed by atoms with E-state index in [9.17, 15) is 14.7 Å². The van der Waals surface area contributed by atoms with Crippen LogP contribution in [-0.4, -0.2) is 11.1 Å². The Bertz CT molecular complexity index is 971. The van der Waals surface area contributed by atoms with Crippen molar-refractivity contribution >= 4 is 40.2 Å². The molecular weight excluding hydrogens is 316 g/mol. The minimum atomic E-state index is -1.12. The van der Waals surface area contributed by atoms with Crippen molar-refractivity contribution in [2.24, 2.45) is 0 Å². The highest BCUT2D eigenvalue weighted by molar-refractivity contribution is 6.31. The van der Waals surface area contributed by atoms with Gasteiger partial charge in [0, 0.05) is 5.02 Å². The Labute approximate surface area is 136 Å². The van der Waals surface area contributed by atoms with E-state index in [1.807, 2.05) is 0 Å². The maximum Gasteiger partial charge on any atom is 0.336 e. The van der Waals surface area contributed by atoms with E-state index in [2.05, 4.69) is 0 Å². The van der Waals surface area contributed by atoms with Gasteiger partial charge >= 0.3 is 5.97 Å². The number of rotatable bonds is 3. The van der Waals surface area contributed by atoms with Crippen molar-refractivity contribution in [2.45, 2.75) is 0 Å². The molecule has 0 bridgehead atoms. The van der Waals surface area contributed by atoms with Crippen LogP contribution in [0.5, 0.6) is 0 Å². The first-order chi connectivity index (χ1) is 11.1. The summed E-state index contributed by atoms with van der Waals surface area (Å²) in [6, 6.07) is 13.3. The predicted molar refractivity (Wildman–Crippen MR) is 89.4 cm³/mol. The Morgan fingerprint density at radius 1 is 1.13 bits per heavy atom. The van der Waals surface area contributed by atoms with E-state index >= 15 is 0 Å². The second-order valence-electron chi connectivity index (χ2n) is 4.89. The first-order valence-corrected chi connectivity index (χ1v) is 7.15. The fraction of sp³-hybridized carbons (Fsp3) is 0. The van der Waals surface area contributed by atoms with Crippen molar-refractivity contribution in [1.82, 2.24) is 0 Å². The highest BCUT2D eigenvalue weighted by Gasteiger charge is 2.13. The molecule has 5 heteroatoms. The van der Waals surface area contributed by atoms with Crippen LogP contribution >= 0.6 is 11.6 Å². The van der Waals surface area contributed by atoms with E-state index in [1.165, 1.54) is 18.4 Å². The van der Waals surface area contributed by atoms with Crippen LogP contribution in [0, 0.1) is 0 Å². The van der Waals surface area contributed by atoms with E-state index in [4.69, 9.17) is 16.0 Å². The zero-order chi connectivity index (χ0) is 16.4. The highest BCUT2D eigenvalue weighted by atomic mass is 35.5. The number of aliphatic carboxylic acids is 1. The molecule has 0 saturated heterocycles. The lowest BCUT2D eigenvalue weighted by Gasteiger charge is -2.03. The number of fused-ring (bicyclic) bond motifs is 1. The number of hydrogen-bond acceptors (Lipinski definition) is 3. The summed E-state index contributed by atoms with van der Waals surface area (Å²) in [5, 5.41) is 10.1. The summed E-state index contributed by atoms with van der Waals surface area (Å²) in [6.45, 7) is 0. The van der Waals surface area contributed by atoms with Gasteiger partial charge in [-0.3, -0.25) is 4.79 Å². The first-order valence-electron chi connectivity index (χ1n) is 6.78. The van der Waals surface area contributed by atoms with Gasteiger partial charge in [-0.2, -0.15) is 0 Å². The molecule has 114 valence electrons. The summed E-state index contributed by atoms with van der Waals surface area (Å²) in [6.07, 6.45) is 2.56. The Hall–Kier alpha value is -2.85. The van der Waals surface area contributed by atoms with Crippen LogP contribution < -0.4 is 5.43 Å². The van der Waals surface area contributed by atoms with Gasteiger partial charge in [-0.25, -0.2) is 4.79 Å². The van der Waals surface area contributed by atoms with Gasteiger partial charge in [-0.1, -0.05) is 41.9 Å². The van der Waals surface area contributed by atoms with Gasteiger partial charge in [0.05, 0.1) is 16.5 Å². The van der Waals surface area contributed by atoms with Gasteiger partial charge in [0.1, 0.15) is 11.8 Å². The third kappa shape index (κ3) is 3.03. The molecule has 4 nitrogen and oxygen atoms in total. The van der Waals surface area contributed by atoms with Gasteiger partial charge in [-0.05, 0) is 29.8 Å². The van der Waals surface area contributed by atoms with E-state index in [1.54, 1.807) is 42.5 Å². The molecule has 1 aromatic heterocycles. The van der Waals surface area contributed by atoms with Gasteiger partial charge in [0.2, 0.25) is 0 Å². The van der Waals surface area contributed by atoms with E-state index in [0.29, 0.717) is 21.6 Å². The Kier molecular flexibility index (Phi) is 4.00. The zero-order valence-electron chi connectivity index (χ0n) is 11.8. The molecule has 2 aromatic carbocycles. The fourth-order valence-electron chi connectivity index (χ4n) is 2.26. The molecule has 0 saturated carbocycles. The summed E-state index contributed by atoms with van der Waals surface area (Å²) in [7, 11) is 0. The van der Waals surface area contributed by atoms with Crippen LogP contribution in [-0.2, 0) is 4.79 Å². The standard InChI is InChI=1S/C18H11ClO4/c19-13-6-7-16-15(9-13)17(20)12(10-23-16)8-14(18(21)22)11-4-2-1-3-5-11/h1-10H,(H,21,22). The van der Waals surface area contributed by atoms with Crippen LogP contribution in [0.1, 0.15) is 11.1 Å². The quantitative estimate of drug-likeness (QED) is 0.737. The molecule has 0 amide bonds. The van der Waals surface area contributed by atoms with Crippen molar-refractivity contribution in [3.8, 4) is 0 Å². The lowest BCUT2D eigenvalue weighted by atomic mass is 10.0. The van der Waals surface area contributed by atoms with Crippen molar-refractivity contribution in [3.05, 3.63) is 81.2 Å². The summed E-state index contributed by atoms with van der Waals surface area (Å²) in [5.41, 5.74) is 0.738. The summed E-state index contributed by atoms with van der Waals surface area (Å²) >= 11 is 5.90. The average molecular weight is 327 g/mol. The lowest BCUT2D eigenvalue weighted by molar-refractivity contribution is -0.130. The minimum absolute atomic E-state index is 0.0132. The van der Waals surface area contributed by atoms with Crippen LogP contribution in [0.2, 0.25) is 5.02 Å². The van der Waals surface area contributed by atoms with Gasteiger partial charge in [0.25, 0.3) is 0 Å². The topological polar surface area (TPSA) is 67.5 Å². The number of carboxylic acids is 1. The molecule has 0 fully saturated rings. The minimum Gasteiger partial charge on any atom is -0.478 e. The van der Waals surface area contributed by atoms with Crippen LogP contribution in [0.15, 0.2) is 64.0 Å². The van der Waals surface area contributed by atoms with Gasteiger partial charge in [0.15, 0.2) is 5.43 Å². The molecule has 0 atom stereocenters. The second-order valence-corrected chi connectivity index (χ2v) is 5.33. The molecule has 0 unspecified atom stereocenters. The number of carboxylic acid groups (broad SMARTS) is 1. The molecule has 1 N–H and O–H groups in total. The number of carbonyl (C=O) groups is 1. The molecular formula is C18H11ClO4. The molecule has 3 rings (SSSR count). The normalized spacial score (nSPS) is 11.6. The van der Waals surface area contributed by atoms with Crippen molar-refractivity contribution in [1.29, 1.82) is 0 Å². The van der Waals surface area contributed by atoms with E-state index < -0.39 is 5.97 Å². The number of halogens is 1. The summed E-state index contributed by atoms with van der Waals surface area (Å²) in [4.78, 5) is 24.0. The second kappa shape index (κ2) is 6.10. The molecule has 0 aliphatic rings. The highest BCUT2D eigenvalue weighted by Crippen LogP contribution is 2.20. The smallest absolute Gasteiger partial charge is 0.336 e. The zero-order valence-corrected chi connectivity index (χ0v) is 12.6. The van der Waals surface area contributed by atoms with Crippen LogP contribution in [0.25, 0.3) is 22.6 Å². The van der Waals surface area contributed by atoms with Gasteiger partial charge in [-0.15, -0.1) is 0 Å². The first kappa shape index (κ1) is 15.1. The lowest BCUT2D eigenvalue weighted by Crippen LogP contribution is -2.07. The summed E-state index contributed by atoms with van der Waals surface area (Å²) in [5.74, 6) is -1.12. The Balaban J connectivity index is 2.21. The third-order valence-electron chi connectivity index (χ3n) is 3.38. The van der Waals surface area contributed by atoms with E-state index in [-0.39, 0.29) is 16.6 Å². The molecule has 0 aliphatic heterocycles. The molecule has 0 spiro atoms. The molecule has 1 heterocycles. The SMILES string of the molecule is O=C(O)C(=Cc1coc2ccc(Cl)cc2c1=O)c1ccccc1. The van der Waals surface area contributed by atoms with Gasteiger partial charge < -0.3 is 9.52 Å². The predicted octanol–water partition coefficient (Wildman–Crippen LogP) is 4.07. The number of hydrogen-bond donors (Lipinski definition) is 1. The maximum atomic E-state index is 12.5. The molecule has 23 heavy (non-hydrogen) atoms. The van der Waals surface area contributed by atoms with Crippen LogP contribution in [0.4, 0.5) is 0 Å². The fourth-order valence-corrected chi connectivity index (χ4v) is 2.43.